The second-order valence-electron chi connectivity index (χ2n) is 4.80. The van der Waals surface area contributed by atoms with Gasteiger partial charge in [-0.3, -0.25) is 0 Å². The van der Waals surface area contributed by atoms with Crippen LogP contribution >= 0.6 is 15.9 Å². The molecule has 1 aromatic heterocycles. The van der Waals surface area contributed by atoms with E-state index in [-0.39, 0.29) is 5.76 Å². The summed E-state index contributed by atoms with van der Waals surface area (Å²) in [6.07, 6.45) is -11.6. The van der Waals surface area contributed by atoms with Gasteiger partial charge in [0.05, 0.1) is 17.7 Å². The highest BCUT2D eigenvalue weighted by molar-refractivity contribution is 9.10. The Labute approximate surface area is 144 Å². The molecule has 0 aliphatic carbocycles. The topological polar surface area (TPSA) is 62.5 Å². The van der Waals surface area contributed by atoms with E-state index in [1.165, 1.54) is 0 Å². The van der Waals surface area contributed by atoms with Crippen LogP contribution in [0.3, 0.4) is 0 Å². The molecule has 0 spiro atoms. The summed E-state index contributed by atoms with van der Waals surface area (Å²) in [7, 11) is 0. The minimum absolute atomic E-state index is 0.137. The van der Waals surface area contributed by atoms with Crippen molar-refractivity contribution in [1.29, 1.82) is 0 Å². The van der Waals surface area contributed by atoms with Crippen LogP contribution in [0.5, 0.6) is 0 Å². The Bertz CT molecular complexity index is 762. The second-order valence-corrected chi connectivity index (χ2v) is 5.71. The number of carboxylic acid groups (broad SMARTS) is 1. The van der Waals surface area contributed by atoms with Crippen LogP contribution in [0.25, 0.3) is 11.3 Å². The quantitative estimate of drug-likeness (QED) is 0.629. The van der Waals surface area contributed by atoms with Gasteiger partial charge in [0, 0.05) is 10.0 Å². The van der Waals surface area contributed by atoms with Gasteiger partial charge in [-0.1, -0.05) is 15.9 Å². The van der Waals surface area contributed by atoms with Crippen LogP contribution < -0.4 is 5.32 Å². The van der Waals surface area contributed by atoms with E-state index in [1.807, 2.05) is 5.32 Å². The molecule has 0 fully saturated rings. The second kappa shape index (κ2) is 6.62. The molecular formula is C14H8BrF6NO3. The van der Waals surface area contributed by atoms with Gasteiger partial charge in [0.1, 0.15) is 11.5 Å². The number of furan rings is 1. The Morgan fingerprint density at radius 3 is 2.04 bits per heavy atom. The van der Waals surface area contributed by atoms with E-state index in [2.05, 4.69) is 15.9 Å². The van der Waals surface area contributed by atoms with E-state index >= 15 is 0 Å². The molecule has 1 aromatic carbocycles. The lowest BCUT2D eigenvalue weighted by Gasteiger charge is -2.18. The Kier molecular flexibility index (Phi) is 5.07. The monoisotopic (exact) mass is 431 g/mol. The smallest absolute Gasteiger partial charge is 0.417 e. The highest BCUT2D eigenvalue weighted by Crippen LogP contribution is 2.46. The first-order chi connectivity index (χ1) is 11.4. The van der Waals surface area contributed by atoms with Gasteiger partial charge in [-0.25, -0.2) is 4.79 Å². The van der Waals surface area contributed by atoms with Gasteiger partial charge in [0.15, 0.2) is 0 Å². The SMILES string of the molecule is O=C(O)NCc1ccc(-c2c(C(F)(F)F)cc(Br)cc2C(F)(F)F)o1. The van der Waals surface area contributed by atoms with E-state index in [1.54, 1.807) is 0 Å². The van der Waals surface area contributed by atoms with E-state index in [4.69, 9.17) is 9.52 Å². The number of halogens is 7. The molecule has 0 radical (unpaired) electrons. The molecule has 25 heavy (non-hydrogen) atoms. The molecule has 0 unspecified atom stereocenters. The number of rotatable bonds is 3. The normalized spacial score (nSPS) is 12.3. The van der Waals surface area contributed by atoms with Gasteiger partial charge in [-0.2, -0.15) is 26.3 Å². The molecule has 1 heterocycles. The predicted octanol–water partition coefficient (Wildman–Crippen LogP) is 5.51. The summed E-state index contributed by atoms with van der Waals surface area (Å²) < 4.78 is 83.9. The summed E-state index contributed by atoms with van der Waals surface area (Å²) in [6, 6.07) is 3.05. The maximum absolute atomic E-state index is 13.2. The van der Waals surface area contributed by atoms with Crippen LogP contribution in [-0.2, 0) is 18.9 Å². The fourth-order valence-electron chi connectivity index (χ4n) is 2.09. The number of alkyl halides is 6. The summed E-state index contributed by atoms with van der Waals surface area (Å²) >= 11 is 2.64. The minimum atomic E-state index is -5.06. The zero-order valence-corrected chi connectivity index (χ0v) is 13.5. The number of amides is 1. The summed E-state index contributed by atoms with van der Waals surface area (Å²) in [5.41, 5.74) is -4.22. The van der Waals surface area contributed by atoms with E-state index in [0.717, 1.165) is 12.1 Å². The van der Waals surface area contributed by atoms with Crippen LogP contribution in [-0.4, -0.2) is 11.2 Å². The standard InChI is InChI=1S/C14H8BrF6NO3/c15-6-3-8(13(16,17)18)11(9(4-6)14(19,20)21)10-2-1-7(25-10)5-22-12(23)24/h1-4,22H,5H2,(H,23,24). The average molecular weight is 432 g/mol. The first-order valence-corrected chi connectivity index (χ1v) is 7.22. The van der Waals surface area contributed by atoms with Gasteiger partial charge in [-0.05, 0) is 24.3 Å². The third-order valence-corrected chi connectivity index (χ3v) is 3.49. The largest absolute Gasteiger partial charge is 0.465 e. The Balaban J connectivity index is 2.64. The van der Waals surface area contributed by atoms with Crippen molar-refractivity contribution in [3.63, 3.8) is 0 Å². The van der Waals surface area contributed by atoms with E-state index < -0.39 is 51.9 Å². The number of hydrogen-bond acceptors (Lipinski definition) is 2. The van der Waals surface area contributed by atoms with Crippen molar-refractivity contribution in [3.05, 3.63) is 45.6 Å². The maximum Gasteiger partial charge on any atom is 0.417 e. The minimum Gasteiger partial charge on any atom is -0.465 e. The molecule has 4 nitrogen and oxygen atoms in total. The molecule has 1 amide bonds. The summed E-state index contributed by atoms with van der Waals surface area (Å²) in [5.74, 6) is -0.809. The Morgan fingerprint density at radius 2 is 1.60 bits per heavy atom. The lowest BCUT2D eigenvalue weighted by Crippen LogP contribution is -2.19. The summed E-state index contributed by atoms with van der Waals surface area (Å²) in [4.78, 5) is 10.4. The van der Waals surface area contributed by atoms with Crippen LogP contribution in [0.1, 0.15) is 16.9 Å². The Morgan fingerprint density at radius 1 is 1.08 bits per heavy atom. The van der Waals surface area contributed by atoms with Gasteiger partial charge in [0.25, 0.3) is 0 Å². The fourth-order valence-corrected chi connectivity index (χ4v) is 2.55. The predicted molar refractivity (Wildman–Crippen MR) is 76.7 cm³/mol. The highest BCUT2D eigenvalue weighted by atomic mass is 79.9. The fraction of sp³-hybridized carbons (Fsp3) is 0.214. The molecule has 2 N–H and O–H groups in total. The van der Waals surface area contributed by atoms with Gasteiger partial charge in [0.2, 0.25) is 0 Å². The Hall–Kier alpha value is -2.17. The molecule has 11 heteroatoms. The highest BCUT2D eigenvalue weighted by Gasteiger charge is 2.42. The van der Waals surface area contributed by atoms with Crippen molar-refractivity contribution < 1.29 is 40.7 Å². The first-order valence-electron chi connectivity index (χ1n) is 6.43. The molecule has 0 aliphatic rings. The molecule has 0 atom stereocenters. The van der Waals surface area contributed by atoms with Crippen molar-refractivity contribution in [2.45, 2.75) is 18.9 Å². The third-order valence-electron chi connectivity index (χ3n) is 3.04. The van der Waals surface area contributed by atoms with E-state index in [0.29, 0.717) is 12.1 Å². The number of carbonyl (C=O) groups is 1. The van der Waals surface area contributed by atoms with E-state index in [9.17, 15) is 31.1 Å². The molecular weight excluding hydrogens is 424 g/mol. The van der Waals surface area contributed by atoms with Crippen molar-refractivity contribution in [2.24, 2.45) is 0 Å². The molecule has 2 aromatic rings. The van der Waals surface area contributed by atoms with Crippen LogP contribution in [0, 0.1) is 0 Å². The molecule has 2 rings (SSSR count). The maximum atomic E-state index is 13.2. The molecule has 0 bridgehead atoms. The number of nitrogens with one attached hydrogen (secondary N) is 1. The van der Waals surface area contributed by atoms with Crippen molar-refractivity contribution in [1.82, 2.24) is 5.32 Å². The molecule has 0 saturated carbocycles. The van der Waals surface area contributed by atoms with Gasteiger partial charge < -0.3 is 14.8 Å². The number of hydrogen-bond donors (Lipinski definition) is 2. The molecule has 0 saturated heterocycles. The van der Waals surface area contributed by atoms with Gasteiger partial charge in [-0.15, -0.1) is 0 Å². The summed E-state index contributed by atoms with van der Waals surface area (Å²) in [6.45, 7) is -0.408. The van der Waals surface area contributed by atoms with Gasteiger partial charge >= 0.3 is 18.4 Å². The van der Waals surface area contributed by atoms with Crippen LogP contribution in [0.2, 0.25) is 0 Å². The van der Waals surface area contributed by atoms with Crippen molar-refractivity contribution in [2.75, 3.05) is 0 Å². The average Bonchev–Trinajstić information content (AvgIpc) is 2.91. The van der Waals surface area contributed by atoms with Crippen LogP contribution in [0.15, 0.2) is 33.2 Å². The van der Waals surface area contributed by atoms with Crippen LogP contribution in [0.4, 0.5) is 31.1 Å². The van der Waals surface area contributed by atoms with Crippen molar-refractivity contribution in [3.8, 4) is 11.3 Å². The molecule has 0 aliphatic heterocycles. The molecule has 136 valence electrons. The lowest BCUT2D eigenvalue weighted by molar-refractivity contribution is -0.142. The summed E-state index contributed by atoms with van der Waals surface area (Å²) in [5, 5.41) is 10.4. The lowest BCUT2D eigenvalue weighted by atomic mass is 9.98. The number of benzene rings is 1. The zero-order chi connectivity index (χ0) is 19.0. The van der Waals surface area contributed by atoms with Crippen molar-refractivity contribution >= 4 is 22.0 Å². The third kappa shape index (κ3) is 4.47. The zero-order valence-electron chi connectivity index (χ0n) is 11.9. The first kappa shape index (κ1) is 19.2.